The fourth-order valence-corrected chi connectivity index (χ4v) is 4.13. The van der Waals surface area contributed by atoms with Crippen LogP contribution in [-0.4, -0.2) is 38.4 Å². The van der Waals surface area contributed by atoms with E-state index in [2.05, 4.69) is 41.8 Å². The van der Waals surface area contributed by atoms with Gasteiger partial charge in [-0.15, -0.1) is 0 Å². The monoisotopic (exact) mass is 447 g/mol. The first-order valence-electron chi connectivity index (χ1n) is 11.2. The minimum absolute atomic E-state index is 0.0916. The third-order valence-corrected chi connectivity index (χ3v) is 5.55. The normalized spacial score (nSPS) is 19.0. The van der Waals surface area contributed by atoms with Crippen LogP contribution in [0.1, 0.15) is 52.4 Å². The second kappa shape index (κ2) is 8.72. The van der Waals surface area contributed by atoms with Crippen LogP contribution in [-0.2, 0) is 10.2 Å². The number of hydrogen-bond donors (Lipinski definition) is 1. The number of aromatic nitrogens is 4. The van der Waals surface area contributed by atoms with Gasteiger partial charge in [0.15, 0.2) is 11.5 Å². The van der Waals surface area contributed by atoms with Gasteiger partial charge in [-0.3, -0.25) is 0 Å². The summed E-state index contributed by atoms with van der Waals surface area (Å²) in [5.74, 6) is -1.60. The minimum atomic E-state index is -1.95. The third kappa shape index (κ3) is 4.70. The molecular formula is C26H30FN5O. The van der Waals surface area contributed by atoms with Gasteiger partial charge < -0.3 is 10.5 Å². The molecule has 2 N–H and O–H groups in total. The van der Waals surface area contributed by atoms with Gasteiger partial charge in [0.05, 0.1) is 6.10 Å². The van der Waals surface area contributed by atoms with Crippen molar-refractivity contribution in [2.75, 3.05) is 6.54 Å². The topological polar surface area (TPSA) is 86.8 Å². The quantitative estimate of drug-likeness (QED) is 0.582. The molecule has 1 aromatic carbocycles. The summed E-state index contributed by atoms with van der Waals surface area (Å²) < 4.78 is 21.1. The Balaban J connectivity index is 1.98. The van der Waals surface area contributed by atoms with Gasteiger partial charge in [0, 0.05) is 36.5 Å². The average molecular weight is 448 g/mol. The Bertz CT molecular complexity index is 1240. The molecule has 0 amide bonds. The summed E-state index contributed by atoms with van der Waals surface area (Å²) in [5.41, 5.74) is 10.9. The van der Waals surface area contributed by atoms with E-state index in [-0.39, 0.29) is 24.5 Å². The van der Waals surface area contributed by atoms with Crippen LogP contribution >= 0.6 is 0 Å². The predicted octanol–water partition coefficient (Wildman–Crippen LogP) is 5.15. The van der Waals surface area contributed by atoms with E-state index in [0.717, 1.165) is 16.7 Å². The van der Waals surface area contributed by atoms with Gasteiger partial charge in [0.25, 0.3) is 0 Å². The first-order chi connectivity index (χ1) is 15.6. The van der Waals surface area contributed by atoms with E-state index < -0.39 is 5.85 Å². The second-order valence-corrected chi connectivity index (χ2v) is 9.57. The van der Waals surface area contributed by atoms with Crippen LogP contribution in [0.4, 0.5) is 4.39 Å². The van der Waals surface area contributed by atoms with E-state index in [1.165, 1.54) is 6.08 Å². The first kappa shape index (κ1) is 23.1. The van der Waals surface area contributed by atoms with E-state index >= 15 is 4.39 Å². The summed E-state index contributed by atoms with van der Waals surface area (Å²) in [4.78, 5) is 18.5. The lowest BCUT2D eigenvalue weighted by atomic mass is 9.82. The second-order valence-electron chi connectivity index (χ2n) is 9.57. The van der Waals surface area contributed by atoms with Gasteiger partial charge in [-0.2, -0.15) is 0 Å². The van der Waals surface area contributed by atoms with Crippen LogP contribution in [0.3, 0.4) is 0 Å². The molecule has 0 radical (unpaired) electrons. The number of nitrogens with two attached hydrogens (primary N) is 1. The van der Waals surface area contributed by atoms with Crippen molar-refractivity contribution < 1.29 is 9.13 Å². The van der Waals surface area contributed by atoms with Gasteiger partial charge >= 0.3 is 0 Å². The molecule has 6 nitrogen and oxygen atoms in total. The molecule has 0 bridgehead atoms. The van der Waals surface area contributed by atoms with Crippen molar-refractivity contribution in [2.45, 2.75) is 58.4 Å². The first-order valence-corrected chi connectivity index (χ1v) is 11.2. The Morgan fingerprint density at radius 1 is 1.12 bits per heavy atom. The predicted molar refractivity (Wildman–Crippen MR) is 129 cm³/mol. The van der Waals surface area contributed by atoms with Gasteiger partial charge in [0.2, 0.25) is 5.85 Å². The zero-order chi connectivity index (χ0) is 23.8. The molecule has 33 heavy (non-hydrogen) atoms. The number of alkyl halides is 1. The maximum Gasteiger partial charge on any atom is 0.233 e. The zero-order valence-corrected chi connectivity index (χ0v) is 19.8. The van der Waals surface area contributed by atoms with Crippen molar-refractivity contribution in [1.29, 1.82) is 0 Å². The van der Waals surface area contributed by atoms with Crippen molar-refractivity contribution >= 4 is 16.7 Å². The largest absolute Gasteiger partial charge is 0.340 e. The molecule has 1 aliphatic rings. The molecule has 2 heterocycles. The number of halogens is 1. The molecule has 172 valence electrons. The smallest absolute Gasteiger partial charge is 0.233 e. The van der Waals surface area contributed by atoms with Crippen molar-refractivity contribution in [3.63, 3.8) is 0 Å². The highest BCUT2D eigenvalue weighted by atomic mass is 19.2. The SMILES string of the molecule is CC(C)OC1(F)C=C(c2nc(-c3ccccc3C(C)(C)C)c3nccnc3n2)C(CN)=CC1. The number of hydrogen-bond acceptors (Lipinski definition) is 6. The molecular weight excluding hydrogens is 417 g/mol. The lowest BCUT2D eigenvalue weighted by Gasteiger charge is -2.29. The van der Waals surface area contributed by atoms with Crippen LogP contribution in [0.2, 0.25) is 0 Å². The summed E-state index contributed by atoms with van der Waals surface area (Å²) in [6, 6.07) is 8.10. The maximum atomic E-state index is 15.6. The molecule has 0 saturated heterocycles. The van der Waals surface area contributed by atoms with Crippen LogP contribution in [0.25, 0.3) is 28.0 Å². The summed E-state index contributed by atoms with van der Waals surface area (Å²) in [6.07, 6.45) is 6.25. The van der Waals surface area contributed by atoms with E-state index in [9.17, 15) is 0 Å². The molecule has 0 saturated carbocycles. The van der Waals surface area contributed by atoms with Crippen molar-refractivity contribution in [3.05, 3.63) is 65.8 Å². The third-order valence-electron chi connectivity index (χ3n) is 5.55. The Kier molecular flexibility index (Phi) is 6.12. The summed E-state index contributed by atoms with van der Waals surface area (Å²) in [5, 5.41) is 0. The van der Waals surface area contributed by atoms with Crippen LogP contribution in [0.15, 0.2) is 54.4 Å². The fourth-order valence-electron chi connectivity index (χ4n) is 4.13. The van der Waals surface area contributed by atoms with E-state index in [1.54, 1.807) is 32.3 Å². The summed E-state index contributed by atoms with van der Waals surface area (Å²) in [7, 11) is 0. The molecule has 4 rings (SSSR count). The lowest BCUT2D eigenvalue weighted by molar-refractivity contribution is -0.132. The number of nitrogens with zero attached hydrogens (tertiary/aromatic N) is 4. The highest BCUT2D eigenvalue weighted by Gasteiger charge is 2.34. The number of fused-ring (bicyclic) bond motifs is 1. The minimum Gasteiger partial charge on any atom is -0.340 e. The van der Waals surface area contributed by atoms with Crippen molar-refractivity contribution in [2.24, 2.45) is 5.73 Å². The van der Waals surface area contributed by atoms with Gasteiger partial charge in [-0.25, -0.2) is 24.3 Å². The number of rotatable bonds is 5. The molecule has 3 aromatic rings. The molecule has 0 aliphatic heterocycles. The van der Waals surface area contributed by atoms with E-state index in [4.69, 9.17) is 15.5 Å². The molecule has 0 spiro atoms. The summed E-state index contributed by atoms with van der Waals surface area (Å²) in [6.45, 7) is 10.3. The molecule has 1 unspecified atom stereocenters. The van der Waals surface area contributed by atoms with Gasteiger partial charge in [-0.05, 0) is 36.5 Å². The van der Waals surface area contributed by atoms with Gasteiger partial charge in [-0.1, -0.05) is 51.1 Å². The highest BCUT2D eigenvalue weighted by molar-refractivity contribution is 5.90. The lowest BCUT2D eigenvalue weighted by Crippen LogP contribution is -2.30. The highest BCUT2D eigenvalue weighted by Crippen LogP contribution is 2.38. The molecule has 1 atom stereocenters. The van der Waals surface area contributed by atoms with Crippen LogP contribution in [0, 0.1) is 0 Å². The van der Waals surface area contributed by atoms with E-state index in [1.807, 2.05) is 18.2 Å². The maximum absolute atomic E-state index is 15.6. The Morgan fingerprint density at radius 2 is 1.85 bits per heavy atom. The Hall–Kier alpha value is -3.03. The number of ether oxygens (including phenoxy) is 1. The Labute approximate surface area is 193 Å². The standard InChI is InChI=1S/C26H30FN5O/c1-16(2)33-26(27)11-10-17(15-28)19(14-26)23-31-21(22-24(32-23)30-13-12-29-22)18-8-6-7-9-20(18)25(3,4)5/h6-10,12-14,16H,11,15,28H2,1-5H3. The molecule has 2 aromatic heterocycles. The number of benzene rings is 1. The van der Waals surface area contributed by atoms with E-state index in [0.29, 0.717) is 28.3 Å². The van der Waals surface area contributed by atoms with Crippen LogP contribution < -0.4 is 5.73 Å². The zero-order valence-electron chi connectivity index (χ0n) is 19.8. The molecule has 0 fully saturated rings. The average Bonchev–Trinajstić information content (AvgIpc) is 2.77. The van der Waals surface area contributed by atoms with Gasteiger partial charge in [0.1, 0.15) is 11.2 Å². The van der Waals surface area contributed by atoms with Crippen LogP contribution in [0.5, 0.6) is 0 Å². The Morgan fingerprint density at radius 3 is 2.55 bits per heavy atom. The van der Waals surface area contributed by atoms with Crippen molar-refractivity contribution in [3.8, 4) is 11.3 Å². The molecule has 1 aliphatic carbocycles. The fraction of sp³-hybridized carbons (Fsp3) is 0.385. The van der Waals surface area contributed by atoms with Crippen molar-refractivity contribution in [1.82, 2.24) is 19.9 Å². The summed E-state index contributed by atoms with van der Waals surface area (Å²) >= 11 is 0. The molecule has 7 heteroatoms.